The molecule has 5 rings (SSSR count). The molecular formula is C33H28O4. The number of carbonyl (C=O) groups excluding carboxylic acids is 1. The first-order valence-corrected chi connectivity index (χ1v) is 12.2. The molecule has 0 aromatic heterocycles. The first-order valence-electron chi connectivity index (χ1n) is 12.2. The number of rotatable bonds is 6. The number of Topliss-reactive ketones (excluding diaryl/α,β-unsaturated/α-hetero) is 1. The van der Waals surface area contributed by atoms with Crippen molar-refractivity contribution in [3.05, 3.63) is 131 Å². The van der Waals surface area contributed by atoms with Crippen LogP contribution in [0.2, 0.25) is 0 Å². The van der Waals surface area contributed by atoms with E-state index in [4.69, 9.17) is 14.2 Å². The lowest BCUT2D eigenvalue weighted by Crippen LogP contribution is -2.33. The topological polar surface area (TPSA) is 44.8 Å². The van der Waals surface area contributed by atoms with E-state index in [0.717, 1.165) is 16.7 Å². The molecule has 0 unspecified atom stereocenters. The summed E-state index contributed by atoms with van der Waals surface area (Å²) >= 11 is 0. The molecule has 0 spiro atoms. The van der Waals surface area contributed by atoms with E-state index < -0.39 is 11.5 Å². The molecule has 37 heavy (non-hydrogen) atoms. The van der Waals surface area contributed by atoms with Crippen LogP contribution in [-0.2, 0) is 4.74 Å². The number of ether oxygens (including phenoxy) is 3. The summed E-state index contributed by atoms with van der Waals surface area (Å²) in [7, 11) is 3.20. The van der Waals surface area contributed by atoms with Crippen LogP contribution in [-0.4, -0.2) is 20.0 Å². The molecule has 1 aliphatic rings. The van der Waals surface area contributed by atoms with Crippen molar-refractivity contribution in [1.82, 2.24) is 0 Å². The lowest BCUT2D eigenvalue weighted by molar-refractivity contribution is 0.0222. The molecule has 0 amide bonds. The smallest absolute Gasteiger partial charge is 0.184 e. The minimum absolute atomic E-state index is 0.0604. The third-order valence-corrected chi connectivity index (χ3v) is 6.78. The zero-order chi connectivity index (χ0) is 25.7. The monoisotopic (exact) mass is 488 g/mol. The van der Waals surface area contributed by atoms with Gasteiger partial charge in [-0.1, -0.05) is 96.8 Å². The van der Waals surface area contributed by atoms with Gasteiger partial charge in [-0.15, -0.1) is 0 Å². The van der Waals surface area contributed by atoms with Crippen molar-refractivity contribution in [2.45, 2.75) is 18.6 Å². The van der Waals surface area contributed by atoms with Crippen LogP contribution in [0, 0.1) is 17.3 Å². The van der Waals surface area contributed by atoms with Crippen LogP contribution in [0.4, 0.5) is 0 Å². The van der Waals surface area contributed by atoms with Gasteiger partial charge in [0, 0.05) is 17.5 Å². The minimum Gasteiger partial charge on any atom is -0.493 e. The van der Waals surface area contributed by atoms with E-state index in [2.05, 4.69) is 11.8 Å². The second-order valence-electron chi connectivity index (χ2n) is 9.02. The number of hydrogen-bond donors (Lipinski definition) is 0. The maximum atomic E-state index is 14.4. The molecule has 3 atom stereocenters. The Morgan fingerprint density at radius 2 is 1.41 bits per heavy atom. The summed E-state index contributed by atoms with van der Waals surface area (Å²) in [5.41, 5.74) is 2.14. The summed E-state index contributed by atoms with van der Waals surface area (Å²) in [5.74, 6) is 7.84. The highest BCUT2D eigenvalue weighted by Gasteiger charge is 2.54. The summed E-state index contributed by atoms with van der Waals surface area (Å²) in [6, 6.07) is 34.7. The molecule has 184 valence electrons. The lowest BCUT2D eigenvalue weighted by atomic mass is 9.71. The highest BCUT2D eigenvalue weighted by atomic mass is 16.5. The first-order chi connectivity index (χ1) is 18.1. The van der Waals surface area contributed by atoms with Gasteiger partial charge < -0.3 is 14.2 Å². The third-order valence-electron chi connectivity index (χ3n) is 6.78. The molecule has 0 radical (unpaired) electrons. The number of methoxy groups -OCH3 is 2. The Hall–Kier alpha value is -4.33. The van der Waals surface area contributed by atoms with E-state index in [0.29, 0.717) is 23.5 Å². The van der Waals surface area contributed by atoms with Crippen LogP contribution in [0.5, 0.6) is 11.5 Å². The van der Waals surface area contributed by atoms with E-state index in [9.17, 15) is 4.79 Å². The normalized spacial score (nSPS) is 20.5. The molecular weight excluding hydrogens is 460 g/mol. The SMILES string of the molecule is COc1ccc([C@@H]2O[C@@H](c3ccccc3)C[C@@]2(C#Cc2ccccc2)C(=O)c2ccccc2)cc1OC. The van der Waals surface area contributed by atoms with Gasteiger partial charge in [0.05, 0.1) is 20.3 Å². The van der Waals surface area contributed by atoms with Gasteiger partial charge in [-0.3, -0.25) is 4.79 Å². The second kappa shape index (κ2) is 10.7. The molecule has 0 saturated carbocycles. The van der Waals surface area contributed by atoms with Crippen molar-refractivity contribution in [3.8, 4) is 23.3 Å². The van der Waals surface area contributed by atoms with Crippen LogP contribution in [0.25, 0.3) is 0 Å². The lowest BCUT2D eigenvalue weighted by Gasteiger charge is -2.28. The summed E-state index contributed by atoms with van der Waals surface area (Å²) in [4.78, 5) is 14.4. The van der Waals surface area contributed by atoms with Crippen molar-refractivity contribution >= 4 is 5.78 Å². The Morgan fingerprint density at radius 1 is 0.784 bits per heavy atom. The molecule has 4 aromatic carbocycles. The quantitative estimate of drug-likeness (QED) is 0.220. The fraction of sp³-hybridized carbons (Fsp3) is 0.182. The molecule has 1 aliphatic heterocycles. The predicted molar refractivity (Wildman–Crippen MR) is 144 cm³/mol. The molecule has 0 bridgehead atoms. The van der Waals surface area contributed by atoms with Gasteiger partial charge in [-0.05, 0) is 35.4 Å². The van der Waals surface area contributed by atoms with Crippen molar-refractivity contribution < 1.29 is 19.0 Å². The molecule has 1 heterocycles. The van der Waals surface area contributed by atoms with Gasteiger partial charge in [-0.2, -0.15) is 0 Å². The Balaban J connectivity index is 1.70. The molecule has 4 nitrogen and oxygen atoms in total. The van der Waals surface area contributed by atoms with Crippen molar-refractivity contribution in [2.75, 3.05) is 14.2 Å². The van der Waals surface area contributed by atoms with E-state index in [1.165, 1.54) is 0 Å². The molecule has 4 aromatic rings. The minimum atomic E-state index is -1.13. The Morgan fingerprint density at radius 3 is 2.05 bits per heavy atom. The second-order valence-corrected chi connectivity index (χ2v) is 9.02. The highest BCUT2D eigenvalue weighted by Crippen LogP contribution is 2.55. The van der Waals surface area contributed by atoms with E-state index >= 15 is 0 Å². The Kier molecular flexibility index (Phi) is 7.07. The molecule has 0 N–H and O–H groups in total. The third kappa shape index (κ3) is 4.87. The number of carbonyl (C=O) groups is 1. The van der Waals surface area contributed by atoms with Crippen LogP contribution in [0.3, 0.4) is 0 Å². The summed E-state index contributed by atoms with van der Waals surface area (Å²) in [6.07, 6.45) is -0.512. The van der Waals surface area contributed by atoms with Crippen LogP contribution in [0.1, 0.15) is 45.7 Å². The van der Waals surface area contributed by atoms with Gasteiger partial charge in [0.15, 0.2) is 17.3 Å². The van der Waals surface area contributed by atoms with Gasteiger partial charge >= 0.3 is 0 Å². The van der Waals surface area contributed by atoms with Crippen molar-refractivity contribution in [1.29, 1.82) is 0 Å². The van der Waals surface area contributed by atoms with Crippen LogP contribution < -0.4 is 9.47 Å². The molecule has 4 heteroatoms. The average molecular weight is 489 g/mol. The fourth-order valence-corrected chi connectivity index (χ4v) is 4.91. The molecule has 0 aliphatic carbocycles. The average Bonchev–Trinajstić information content (AvgIpc) is 3.37. The number of hydrogen-bond acceptors (Lipinski definition) is 4. The van der Waals surface area contributed by atoms with Crippen molar-refractivity contribution in [2.24, 2.45) is 5.41 Å². The van der Waals surface area contributed by atoms with Gasteiger partial charge in [0.1, 0.15) is 11.5 Å². The van der Waals surface area contributed by atoms with E-state index in [1.807, 2.05) is 109 Å². The van der Waals surface area contributed by atoms with Gasteiger partial charge in [0.25, 0.3) is 0 Å². The fourth-order valence-electron chi connectivity index (χ4n) is 4.91. The Bertz CT molecular complexity index is 1420. The van der Waals surface area contributed by atoms with E-state index in [-0.39, 0.29) is 11.9 Å². The predicted octanol–water partition coefficient (Wildman–Crippen LogP) is 6.83. The van der Waals surface area contributed by atoms with Crippen LogP contribution >= 0.6 is 0 Å². The summed E-state index contributed by atoms with van der Waals surface area (Å²) in [5, 5.41) is 0. The van der Waals surface area contributed by atoms with Gasteiger partial charge in [-0.25, -0.2) is 0 Å². The number of benzene rings is 4. The maximum absolute atomic E-state index is 14.4. The summed E-state index contributed by atoms with van der Waals surface area (Å²) in [6.45, 7) is 0. The zero-order valence-electron chi connectivity index (χ0n) is 20.9. The zero-order valence-corrected chi connectivity index (χ0v) is 20.9. The van der Waals surface area contributed by atoms with Crippen molar-refractivity contribution in [3.63, 3.8) is 0 Å². The largest absolute Gasteiger partial charge is 0.493 e. The standard InChI is InChI=1S/C33H28O4/c1-35-28-19-18-27(22-29(28)36-2)32-33(21-20-24-12-6-3-7-13-24,31(34)26-16-10-5-11-17-26)23-30(37-32)25-14-8-4-9-15-25/h3-19,22,30,32H,23H2,1-2H3/t30-,32+,33+/m1/s1. The summed E-state index contributed by atoms with van der Waals surface area (Å²) < 4.78 is 17.8. The maximum Gasteiger partial charge on any atom is 0.184 e. The first kappa shape index (κ1) is 24.4. The highest BCUT2D eigenvalue weighted by molar-refractivity contribution is 6.03. The van der Waals surface area contributed by atoms with Crippen LogP contribution in [0.15, 0.2) is 109 Å². The van der Waals surface area contributed by atoms with Gasteiger partial charge in [0.2, 0.25) is 0 Å². The Labute approximate surface area is 217 Å². The molecule has 1 fully saturated rings. The molecule has 1 saturated heterocycles. The number of ketones is 1. The van der Waals surface area contributed by atoms with E-state index in [1.54, 1.807) is 14.2 Å².